The molecule has 0 spiro atoms. The summed E-state index contributed by atoms with van der Waals surface area (Å²) in [4.78, 5) is 13.0. The monoisotopic (exact) mass is 344 g/mol. The van der Waals surface area contributed by atoms with Crippen LogP contribution in [0.5, 0.6) is 0 Å². The van der Waals surface area contributed by atoms with Gasteiger partial charge in [-0.1, -0.05) is 67.6 Å². The van der Waals surface area contributed by atoms with E-state index in [4.69, 9.17) is 0 Å². The molecule has 0 aromatic heterocycles. The van der Waals surface area contributed by atoms with Crippen molar-refractivity contribution in [2.45, 2.75) is 25.3 Å². The second-order valence-corrected chi connectivity index (χ2v) is 6.34. The van der Waals surface area contributed by atoms with E-state index < -0.39 is 0 Å². The first-order chi connectivity index (χ1) is 11.3. The van der Waals surface area contributed by atoms with Crippen LogP contribution in [-0.4, -0.2) is 25.0 Å². The molecule has 2 aromatic carbocycles. The van der Waals surface area contributed by atoms with Crippen LogP contribution in [0.4, 0.5) is 0 Å². The van der Waals surface area contributed by atoms with E-state index in [1.807, 2.05) is 60.7 Å². The van der Waals surface area contributed by atoms with Gasteiger partial charge in [0, 0.05) is 6.04 Å². The van der Waals surface area contributed by atoms with Gasteiger partial charge in [0.25, 0.3) is 0 Å². The van der Waals surface area contributed by atoms with E-state index in [1.54, 1.807) is 0 Å². The van der Waals surface area contributed by atoms with E-state index in [1.165, 1.54) is 0 Å². The Balaban J connectivity index is 0.00000208. The summed E-state index contributed by atoms with van der Waals surface area (Å²) in [7, 11) is 0. The highest BCUT2D eigenvalue weighted by atomic mass is 35.5. The summed E-state index contributed by atoms with van der Waals surface area (Å²) < 4.78 is 0. The van der Waals surface area contributed by atoms with Gasteiger partial charge in [0.05, 0.1) is 5.92 Å². The van der Waals surface area contributed by atoms with E-state index in [9.17, 15) is 4.79 Å². The molecule has 3 rings (SSSR count). The fourth-order valence-electron chi connectivity index (χ4n) is 3.28. The SMILES string of the molecule is CC1CNCCC1NC(=O)C(c1ccccc1)c1ccccc1.Cl. The van der Waals surface area contributed by atoms with Gasteiger partial charge in [0.15, 0.2) is 0 Å². The molecule has 1 saturated heterocycles. The maximum absolute atomic E-state index is 13.0. The second-order valence-electron chi connectivity index (χ2n) is 6.34. The molecule has 0 radical (unpaired) electrons. The fraction of sp³-hybridized carbons (Fsp3) is 0.350. The molecule has 24 heavy (non-hydrogen) atoms. The molecule has 128 valence electrons. The van der Waals surface area contributed by atoms with Crippen molar-refractivity contribution >= 4 is 18.3 Å². The highest BCUT2D eigenvalue weighted by Crippen LogP contribution is 2.25. The Labute approximate surface area is 150 Å². The fourth-order valence-corrected chi connectivity index (χ4v) is 3.28. The van der Waals surface area contributed by atoms with Crippen molar-refractivity contribution in [3.8, 4) is 0 Å². The average molecular weight is 345 g/mol. The molecule has 1 heterocycles. The third kappa shape index (κ3) is 4.37. The van der Waals surface area contributed by atoms with Gasteiger partial charge in [-0.15, -0.1) is 12.4 Å². The highest BCUT2D eigenvalue weighted by Gasteiger charge is 2.28. The molecule has 1 aliphatic rings. The molecular formula is C20H25ClN2O. The van der Waals surface area contributed by atoms with Crippen LogP contribution >= 0.6 is 12.4 Å². The summed E-state index contributed by atoms with van der Waals surface area (Å²) in [5.41, 5.74) is 2.08. The molecule has 0 aliphatic carbocycles. The lowest BCUT2D eigenvalue weighted by Gasteiger charge is -2.31. The van der Waals surface area contributed by atoms with Gasteiger partial charge in [-0.3, -0.25) is 4.79 Å². The van der Waals surface area contributed by atoms with Crippen LogP contribution in [0, 0.1) is 5.92 Å². The number of hydrogen-bond acceptors (Lipinski definition) is 2. The standard InChI is InChI=1S/C20H24N2O.ClH/c1-15-14-21-13-12-18(15)22-20(23)19(16-8-4-2-5-9-16)17-10-6-3-7-11-17;/h2-11,15,18-19,21H,12-14H2,1H3,(H,22,23);1H. The third-order valence-electron chi connectivity index (χ3n) is 4.64. The second kappa shape index (κ2) is 8.86. The average Bonchev–Trinajstić information content (AvgIpc) is 2.59. The maximum atomic E-state index is 13.0. The number of piperidine rings is 1. The molecule has 2 N–H and O–H groups in total. The first-order valence-electron chi connectivity index (χ1n) is 8.36. The lowest BCUT2D eigenvalue weighted by atomic mass is 9.89. The number of carbonyl (C=O) groups is 1. The molecule has 0 bridgehead atoms. The third-order valence-corrected chi connectivity index (χ3v) is 4.64. The van der Waals surface area contributed by atoms with E-state index in [0.29, 0.717) is 5.92 Å². The Bertz CT molecular complexity index is 593. The minimum atomic E-state index is -0.250. The molecular weight excluding hydrogens is 320 g/mol. The molecule has 2 atom stereocenters. The molecule has 0 saturated carbocycles. The number of hydrogen-bond donors (Lipinski definition) is 2. The predicted octanol–water partition coefficient (Wildman–Crippen LogP) is 3.35. The highest BCUT2D eigenvalue weighted by molar-refractivity contribution is 5.87. The van der Waals surface area contributed by atoms with Crippen LogP contribution < -0.4 is 10.6 Å². The Morgan fingerprint density at radius 1 is 1.04 bits per heavy atom. The number of benzene rings is 2. The van der Waals surface area contributed by atoms with Gasteiger partial charge in [-0.2, -0.15) is 0 Å². The number of carbonyl (C=O) groups excluding carboxylic acids is 1. The Kier molecular flexibility index (Phi) is 6.83. The van der Waals surface area contributed by atoms with Crippen molar-refractivity contribution in [2.24, 2.45) is 5.92 Å². The lowest BCUT2D eigenvalue weighted by molar-refractivity contribution is -0.122. The van der Waals surface area contributed by atoms with Crippen molar-refractivity contribution in [1.82, 2.24) is 10.6 Å². The maximum Gasteiger partial charge on any atom is 0.232 e. The van der Waals surface area contributed by atoms with Crippen LogP contribution in [0.15, 0.2) is 60.7 Å². The summed E-state index contributed by atoms with van der Waals surface area (Å²) in [6.07, 6.45) is 0.989. The van der Waals surface area contributed by atoms with Crippen molar-refractivity contribution < 1.29 is 4.79 Å². The zero-order chi connectivity index (χ0) is 16.1. The van der Waals surface area contributed by atoms with Crippen LogP contribution in [0.1, 0.15) is 30.4 Å². The molecule has 2 unspecified atom stereocenters. The zero-order valence-corrected chi connectivity index (χ0v) is 14.8. The Morgan fingerprint density at radius 2 is 1.58 bits per heavy atom. The predicted molar refractivity (Wildman–Crippen MR) is 101 cm³/mol. The van der Waals surface area contributed by atoms with E-state index in [0.717, 1.165) is 30.6 Å². The van der Waals surface area contributed by atoms with Crippen molar-refractivity contribution in [1.29, 1.82) is 0 Å². The van der Waals surface area contributed by atoms with Gasteiger partial charge in [-0.05, 0) is 36.6 Å². The normalized spacial score (nSPS) is 20.2. The quantitative estimate of drug-likeness (QED) is 0.893. The van der Waals surface area contributed by atoms with Crippen LogP contribution in [-0.2, 0) is 4.79 Å². The van der Waals surface area contributed by atoms with Crippen molar-refractivity contribution in [2.75, 3.05) is 13.1 Å². The first-order valence-corrected chi connectivity index (χ1v) is 8.36. The summed E-state index contributed by atoms with van der Waals surface area (Å²) in [5.74, 6) is 0.306. The molecule has 1 amide bonds. The van der Waals surface area contributed by atoms with E-state index >= 15 is 0 Å². The van der Waals surface area contributed by atoms with E-state index in [-0.39, 0.29) is 30.3 Å². The summed E-state index contributed by atoms with van der Waals surface area (Å²) >= 11 is 0. The zero-order valence-electron chi connectivity index (χ0n) is 13.9. The van der Waals surface area contributed by atoms with Crippen LogP contribution in [0.3, 0.4) is 0 Å². The number of amides is 1. The molecule has 2 aromatic rings. The molecule has 1 aliphatic heterocycles. The van der Waals surface area contributed by atoms with Crippen molar-refractivity contribution in [3.05, 3.63) is 71.8 Å². The van der Waals surface area contributed by atoms with Gasteiger partial charge in [-0.25, -0.2) is 0 Å². The number of halogens is 1. The van der Waals surface area contributed by atoms with Gasteiger partial charge < -0.3 is 10.6 Å². The minimum Gasteiger partial charge on any atom is -0.352 e. The number of rotatable bonds is 4. The topological polar surface area (TPSA) is 41.1 Å². The van der Waals surface area contributed by atoms with Gasteiger partial charge in [0.2, 0.25) is 5.91 Å². The molecule has 1 fully saturated rings. The van der Waals surface area contributed by atoms with Gasteiger partial charge in [0.1, 0.15) is 0 Å². The molecule has 4 heteroatoms. The Morgan fingerprint density at radius 3 is 2.08 bits per heavy atom. The lowest BCUT2D eigenvalue weighted by Crippen LogP contribution is -2.49. The Hall–Kier alpha value is -1.84. The van der Waals surface area contributed by atoms with Gasteiger partial charge >= 0.3 is 0 Å². The smallest absolute Gasteiger partial charge is 0.232 e. The first kappa shape index (κ1) is 18.5. The largest absolute Gasteiger partial charge is 0.352 e. The summed E-state index contributed by atoms with van der Waals surface area (Å²) in [5, 5.41) is 6.67. The minimum absolute atomic E-state index is 0. The van der Waals surface area contributed by atoms with Crippen molar-refractivity contribution in [3.63, 3.8) is 0 Å². The summed E-state index contributed by atoms with van der Waals surface area (Å²) in [6, 6.07) is 20.3. The van der Waals surface area contributed by atoms with Crippen LogP contribution in [0.25, 0.3) is 0 Å². The van der Waals surface area contributed by atoms with E-state index in [2.05, 4.69) is 17.6 Å². The molecule has 3 nitrogen and oxygen atoms in total. The number of nitrogens with one attached hydrogen (secondary N) is 2. The van der Waals surface area contributed by atoms with Crippen LogP contribution in [0.2, 0.25) is 0 Å². The summed E-state index contributed by atoms with van der Waals surface area (Å²) in [6.45, 7) is 4.13.